The largest absolute Gasteiger partial charge is 0.264 e. The highest BCUT2D eigenvalue weighted by Gasteiger charge is 2.50. The molecule has 4 unspecified atom stereocenters. The van der Waals surface area contributed by atoms with Crippen LogP contribution in [0.25, 0.3) is 10.8 Å². The summed E-state index contributed by atoms with van der Waals surface area (Å²) in [6.07, 6.45) is 21.8. The highest BCUT2D eigenvalue weighted by Crippen LogP contribution is 2.61. The summed E-state index contributed by atoms with van der Waals surface area (Å²) in [7, 11) is 0. The second kappa shape index (κ2) is 6.83. The molecular weight excluding hydrogens is 350 g/mol. The maximum Gasteiger partial charge on any atom is 0.0346 e. The van der Waals surface area contributed by atoms with E-state index in [9.17, 15) is 0 Å². The molecule has 2 aromatic rings. The van der Waals surface area contributed by atoms with Gasteiger partial charge in [0.25, 0.3) is 0 Å². The van der Waals surface area contributed by atoms with E-state index in [0.29, 0.717) is 5.41 Å². The monoisotopic (exact) mass is 383 g/mol. The average molecular weight is 384 g/mol. The van der Waals surface area contributed by atoms with Crippen molar-refractivity contribution in [1.29, 1.82) is 0 Å². The number of aromatic nitrogens is 1. The summed E-state index contributed by atoms with van der Waals surface area (Å²) < 4.78 is 0. The minimum Gasteiger partial charge on any atom is -0.264 e. The van der Waals surface area contributed by atoms with E-state index in [0.717, 1.165) is 23.7 Å². The molecule has 4 aliphatic carbocycles. The molecule has 1 aromatic carbocycles. The SMILES string of the molecule is C[C@]12CCC3CCCCC3=CC1=CCC1C(c3ccc4ccncc4c3)CCC12. The number of hydrogen-bond donors (Lipinski definition) is 0. The molecule has 0 aliphatic heterocycles. The fourth-order valence-corrected chi connectivity index (χ4v) is 7.50. The normalized spacial score (nSPS) is 36.4. The van der Waals surface area contributed by atoms with Gasteiger partial charge in [-0.1, -0.05) is 43.2 Å². The van der Waals surface area contributed by atoms with Crippen LogP contribution in [-0.4, -0.2) is 4.98 Å². The summed E-state index contributed by atoms with van der Waals surface area (Å²) in [5, 5.41) is 2.61. The van der Waals surface area contributed by atoms with Crippen LogP contribution in [0.4, 0.5) is 0 Å². The molecule has 0 spiro atoms. The third kappa shape index (κ3) is 2.84. The van der Waals surface area contributed by atoms with Crippen LogP contribution >= 0.6 is 0 Å². The van der Waals surface area contributed by atoms with Gasteiger partial charge in [-0.15, -0.1) is 0 Å². The molecule has 0 amide bonds. The zero-order chi connectivity index (χ0) is 19.4. The van der Waals surface area contributed by atoms with Crippen LogP contribution in [0.2, 0.25) is 0 Å². The van der Waals surface area contributed by atoms with Crippen molar-refractivity contribution < 1.29 is 0 Å². The van der Waals surface area contributed by atoms with Crippen LogP contribution in [0.5, 0.6) is 0 Å². The Bertz CT molecular complexity index is 998. The van der Waals surface area contributed by atoms with Crippen molar-refractivity contribution in [2.45, 2.75) is 70.6 Å². The molecule has 2 fully saturated rings. The van der Waals surface area contributed by atoms with E-state index in [-0.39, 0.29) is 0 Å². The molecular formula is C28H33N. The smallest absolute Gasteiger partial charge is 0.0346 e. The Hall–Kier alpha value is -1.89. The summed E-state index contributed by atoms with van der Waals surface area (Å²) >= 11 is 0. The van der Waals surface area contributed by atoms with Crippen molar-refractivity contribution >= 4 is 10.8 Å². The van der Waals surface area contributed by atoms with Gasteiger partial charge in [-0.25, -0.2) is 0 Å². The predicted molar refractivity (Wildman–Crippen MR) is 121 cm³/mol. The van der Waals surface area contributed by atoms with Gasteiger partial charge >= 0.3 is 0 Å². The maximum atomic E-state index is 4.36. The van der Waals surface area contributed by atoms with Crippen molar-refractivity contribution in [3.8, 4) is 0 Å². The number of rotatable bonds is 1. The van der Waals surface area contributed by atoms with E-state index in [1.54, 1.807) is 16.7 Å². The van der Waals surface area contributed by atoms with Gasteiger partial charge in [-0.05, 0) is 109 Å². The summed E-state index contributed by atoms with van der Waals surface area (Å²) in [5.41, 5.74) is 5.46. The van der Waals surface area contributed by atoms with Crippen molar-refractivity contribution in [2.75, 3.05) is 0 Å². The van der Waals surface area contributed by atoms with Crippen LogP contribution in [0.1, 0.15) is 76.2 Å². The first kappa shape index (κ1) is 17.9. The quantitative estimate of drug-likeness (QED) is 0.494. The first-order valence-corrected chi connectivity index (χ1v) is 12.0. The Morgan fingerprint density at radius 3 is 2.93 bits per heavy atom. The lowest BCUT2D eigenvalue weighted by molar-refractivity contribution is 0.147. The molecule has 0 radical (unpaired) electrons. The molecule has 5 atom stereocenters. The third-order valence-electron chi connectivity index (χ3n) is 9.15. The van der Waals surface area contributed by atoms with E-state index in [4.69, 9.17) is 0 Å². The highest BCUT2D eigenvalue weighted by atomic mass is 14.6. The van der Waals surface area contributed by atoms with Gasteiger partial charge in [0.1, 0.15) is 0 Å². The first-order valence-electron chi connectivity index (χ1n) is 12.0. The van der Waals surface area contributed by atoms with Crippen LogP contribution in [0.3, 0.4) is 0 Å². The number of allylic oxidation sites excluding steroid dienone is 4. The minimum atomic E-state index is 0.403. The van der Waals surface area contributed by atoms with E-state index < -0.39 is 0 Å². The van der Waals surface area contributed by atoms with Crippen molar-refractivity contribution in [3.63, 3.8) is 0 Å². The zero-order valence-electron chi connectivity index (χ0n) is 17.7. The first-order chi connectivity index (χ1) is 14.2. The highest BCUT2D eigenvalue weighted by molar-refractivity contribution is 5.82. The minimum absolute atomic E-state index is 0.403. The van der Waals surface area contributed by atoms with Gasteiger partial charge < -0.3 is 0 Å². The number of fused-ring (bicyclic) bond motifs is 5. The molecule has 0 saturated heterocycles. The maximum absolute atomic E-state index is 4.36. The molecule has 1 heteroatoms. The second-order valence-corrected chi connectivity index (χ2v) is 10.4. The molecule has 1 nitrogen and oxygen atoms in total. The molecule has 0 N–H and O–H groups in total. The summed E-state index contributed by atoms with van der Waals surface area (Å²) in [5.74, 6) is 3.28. The topological polar surface area (TPSA) is 12.9 Å². The fraction of sp³-hybridized carbons (Fsp3) is 0.536. The molecule has 1 aromatic heterocycles. The van der Waals surface area contributed by atoms with Crippen molar-refractivity contribution in [3.05, 3.63) is 65.5 Å². The van der Waals surface area contributed by atoms with E-state index in [1.165, 1.54) is 68.6 Å². The van der Waals surface area contributed by atoms with E-state index in [1.807, 2.05) is 12.4 Å². The van der Waals surface area contributed by atoms with Crippen molar-refractivity contribution in [2.24, 2.45) is 23.2 Å². The summed E-state index contributed by atoms with van der Waals surface area (Å²) in [4.78, 5) is 4.36. The van der Waals surface area contributed by atoms with Crippen LogP contribution < -0.4 is 0 Å². The molecule has 29 heavy (non-hydrogen) atoms. The summed E-state index contributed by atoms with van der Waals surface area (Å²) in [6.45, 7) is 2.62. The van der Waals surface area contributed by atoms with Crippen LogP contribution in [0, 0.1) is 23.2 Å². The fourth-order valence-electron chi connectivity index (χ4n) is 7.50. The lowest BCUT2D eigenvalue weighted by Crippen LogP contribution is -2.35. The predicted octanol–water partition coefficient (Wildman–Crippen LogP) is 7.59. The third-order valence-corrected chi connectivity index (χ3v) is 9.15. The van der Waals surface area contributed by atoms with Crippen molar-refractivity contribution in [1.82, 2.24) is 4.98 Å². The van der Waals surface area contributed by atoms with Gasteiger partial charge in [0, 0.05) is 17.8 Å². The molecule has 150 valence electrons. The number of pyridine rings is 1. The van der Waals surface area contributed by atoms with E-state index >= 15 is 0 Å². The van der Waals surface area contributed by atoms with Gasteiger partial charge in [0.05, 0.1) is 0 Å². The average Bonchev–Trinajstić information content (AvgIpc) is 3.14. The molecule has 4 aliphatic rings. The second-order valence-electron chi connectivity index (χ2n) is 10.4. The molecule has 1 heterocycles. The molecule has 0 bridgehead atoms. The molecule has 2 saturated carbocycles. The lowest BCUT2D eigenvalue weighted by Gasteiger charge is -2.44. The van der Waals surface area contributed by atoms with Gasteiger partial charge in [-0.3, -0.25) is 4.98 Å². The van der Waals surface area contributed by atoms with Crippen LogP contribution in [-0.2, 0) is 0 Å². The summed E-state index contributed by atoms with van der Waals surface area (Å²) in [6, 6.07) is 9.28. The lowest BCUT2D eigenvalue weighted by atomic mass is 9.60. The zero-order valence-corrected chi connectivity index (χ0v) is 17.7. The Labute approximate surface area is 175 Å². The van der Waals surface area contributed by atoms with Crippen LogP contribution in [0.15, 0.2) is 60.0 Å². The number of hydrogen-bond acceptors (Lipinski definition) is 1. The Morgan fingerprint density at radius 2 is 1.97 bits per heavy atom. The number of nitrogens with zero attached hydrogens (tertiary/aromatic N) is 1. The van der Waals surface area contributed by atoms with Gasteiger partial charge in [-0.2, -0.15) is 0 Å². The Morgan fingerprint density at radius 1 is 1.00 bits per heavy atom. The van der Waals surface area contributed by atoms with Gasteiger partial charge in [0.15, 0.2) is 0 Å². The number of benzene rings is 1. The Balaban J connectivity index is 1.34. The van der Waals surface area contributed by atoms with Gasteiger partial charge in [0.2, 0.25) is 0 Å². The standard InChI is InChI=1S/C28H33N/c1-28-14-12-19-4-2-3-5-21(19)17-24(28)8-9-26-25(10-11-27(26)28)22-7-6-20-13-15-29-18-23(20)16-22/h6-8,13,15-19,25-27H,2-5,9-12,14H2,1H3/t19?,25?,26?,27?,28-/m0/s1. The molecule has 6 rings (SSSR count). The Kier molecular flexibility index (Phi) is 4.22. The van der Waals surface area contributed by atoms with E-state index in [2.05, 4.69) is 48.3 Å².